The number of pyridine rings is 1. The van der Waals surface area contributed by atoms with E-state index in [2.05, 4.69) is 4.98 Å². The van der Waals surface area contributed by atoms with Gasteiger partial charge in [0.15, 0.2) is 11.5 Å². The van der Waals surface area contributed by atoms with Gasteiger partial charge in [0.25, 0.3) is 0 Å². The Morgan fingerprint density at radius 1 is 1.13 bits per heavy atom. The molecule has 23 heavy (non-hydrogen) atoms. The number of benzene rings is 1. The van der Waals surface area contributed by atoms with Crippen LogP contribution in [0.2, 0.25) is 0 Å². The van der Waals surface area contributed by atoms with Crippen molar-refractivity contribution in [3.05, 3.63) is 47.8 Å². The van der Waals surface area contributed by atoms with E-state index in [4.69, 9.17) is 14.2 Å². The third-order valence-corrected chi connectivity index (χ3v) is 3.48. The largest absolute Gasteiger partial charge is 0.493 e. The Morgan fingerprint density at radius 2 is 1.87 bits per heavy atom. The van der Waals surface area contributed by atoms with E-state index < -0.39 is 5.97 Å². The van der Waals surface area contributed by atoms with Crippen molar-refractivity contribution in [2.24, 2.45) is 0 Å². The number of hydrogen-bond acceptors (Lipinski definition) is 6. The molecule has 2 aromatic rings. The van der Waals surface area contributed by atoms with Gasteiger partial charge in [0.2, 0.25) is 0 Å². The minimum Gasteiger partial charge on any atom is -0.493 e. The van der Waals surface area contributed by atoms with Crippen molar-refractivity contribution in [3.63, 3.8) is 0 Å². The third kappa shape index (κ3) is 3.71. The van der Waals surface area contributed by atoms with Crippen molar-refractivity contribution in [3.8, 4) is 11.5 Å². The van der Waals surface area contributed by atoms with Crippen molar-refractivity contribution in [1.82, 2.24) is 4.98 Å². The molecule has 122 valence electrons. The van der Waals surface area contributed by atoms with Crippen LogP contribution in [0.15, 0.2) is 36.7 Å². The highest BCUT2D eigenvalue weighted by molar-refractivity contribution is 5.95. The van der Waals surface area contributed by atoms with E-state index in [0.717, 1.165) is 11.3 Å². The van der Waals surface area contributed by atoms with E-state index in [9.17, 15) is 4.79 Å². The molecule has 1 heterocycles. The zero-order valence-corrected chi connectivity index (χ0v) is 13.7. The minimum atomic E-state index is -0.410. The second-order valence-corrected chi connectivity index (χ2v) is 4.93. The predicted molar refractivity (Wildman–Crippen MR) is 87.2 cm³/mol. The van der Waals surface area contributed by atoms with Crippen LogP contribution in [0.1, 0.15) is 15.9 Å². The summed E-state index contributed by atoms with van der Waals surface area (Å²) >= 11 is 0. The summed E-state index contributed by atoms with van der Waals surface area (Å²) < 4.78 is 15.4. The normalized spacial score (nSPS) is 10.1. The molecule has 0 atom stereocenters. The molecular formula is C17H20N2O4. The Bertz CT molecular complexity index is 688. The summed E-state index contributed by atoms with van der Waals surface area (Å²) in [7, 11) is 6.46. The fourth-order valence-corrected chi connectivity index (χ4v) is 2.33. The lowest BCUT2D eigenvalue weighted by Crippen LogP contribution is -2.20. The highest BCUT2D eigenvalue weighted by Crippen LogP contribution is 2.29. The number of ether oxygens (including phenoxy) is 3. The molecule has 1 aromatic heterocycles. The van der Waals surface area contributed by atoms with Crippen LogP contribution >= 0.6 is 0 Å². The molecule has 0 radical (unpaired) electrons. The lowest BCUT2D eigenvalue weighted by molar-refractivity contribution is 0.0601. The van der Waals surface area contributed by atoms with Gasteiger partial charge in [-0.05, 0) is 23.8 Å². The molecule has 6 heteroatoms. The molecule has 0 saturated carbocycles. The summed E-state index contributed by atoms with van der Waals surface area (Å²) in [6.07, 6.45) is 3.15. The van der Waals surface area contributed by atoms with Gasteiger partial charge in [-0.3, -0.25) is 4.98 Å². The molecule has 0 aliphatic rings. The molecule has 0 unspecified atom stereocenters. The molecule has 0 aliphatic carbocycles. The Morgan fingerprint density at radius 3 is 2.52 bits per heavy atom. The van der Waals surface area contributed by atoms with E-state index in [1.54, 1.807) is 26.5 Å². The maximum atomic E-state index is 11.8. The average Bonchev–Trinajstić information content (AvgIpc) is 2.60. The van der Waals surface area contributed by atoms with Crippen LogP contribution in [0, 0.1) is 0 Å². The average molecular weight is 316 g/mol. The highest BCUT2D eigenvalue weighted by Gasteiger charge is 2.15. The van der Waals surface area contributed by atoms with Gasteiger partial charge in [0, 0.05) is 26.0 Å². The molecule has 0 aliphatic heterocycles. The van der Waals surface area contributed by atoms with Gasteiger partial charge in [0.05, 0.1) is 27.0 Å². The second-order valence-electron chi connectivity index (χ2n) is 4.93. The lowest BCUT2D eigenvalue weighted by Gasteiger charge is -2.22. The summed E-state index contributed by atoms with van der Waals surface area (Å²) in [5.74, 6) is 0.937. The molecule has 2 rings (SSSR count). The lowest BCUT2D eigenvalue weighted by atomic mass is 10.1. The van der Waals surface area contributed by atoms with Crippen molar-refractivity contribution >= 4 is 11.7 Å². The quantitative estimate of drug-likeness (QED) is 0.763. The zero-order chi connectivity index (χ0) is 16.8. The molecule has 0 spiro atoms. The van der Waals surface area contributed by atoms with Crippen LogP contribution in [0.25, 0.3) is 0 Å². The number of rotatable bonds is 6. The summed E-state index contributed by atoms with van der Waals surface area (Å²) in [4.78, 5) is 17.8. The van der Waals surface area contributed by atoms with Crippen LogP contribution in [-0.2, 0) is 11.3 Å². The van der Waals surface area contributed by atoms with E-state index in [1.165, 1.54) is 13.3 Å². The number of carbonyl (C=O) groups is 1. The van der Waals surface area contributed by atoms with Crippen LogP contribution in [-0.4, -0.2) is 39.3 Å². The van der Waals surface area contributed by atoms with Crippen molar-refractivity contribution in [1.29, 1.82) is 0 Å². The minimum absolute atomic E-state index is 0.410. The maximum absolute atomic E-state index is 11.8. The first kappa shape index (κ1) is 16.6. The van der Waals surface area contributed by atoms with Gasteiger partial charge in [-0.1, -0.05) is 6.07 Å². The van der Waals surface area contributed by atoms with Gasteiger partial charge in [-0.25, -0.2) is 4.79 Å². The fourth-order valence-electron chi connectivity index (χ4n) is 2.33. The van der Waals surface area contributed by atoms with Gasteiger partial charge in [0.1, 0.15) is 5.56 Å². The Balaban J connectivity index is 2.26. The van der Waals surface area contributed by atoms with E-state index in [0.29, 0.717) is 23.6 Å². The molecular weight excluding hydrogens is 296 g/mol. The predicted octanol–water partition coefficient (Wildman–Crippen LogP) is 2.52. The van der Waals surface area contributed by atoms with Crippen LogP contribution in [0.5, 0.6) is 11.5 Å². The smallest absolute Gasteiger partial charge is 0.341 e. The number of anilines is 1. The summed E-state index contributed by atoms with van der Waals surface area (Å²) in [6, 6.07) is 7.51. The second kappa shape index (κ2) is 7.49. The summed E-state index contributed by atoms with van der Waals surface area (Å²) in [6.45, 7) is 0.592. The number of hydrogen-bond donors (Lipinski definition) is 0. The monoisotopic (exact) mass is 316 g/mol. The molecule has 6 nitrogen and oxygen atoms in total. The molecule has 0 amide bonds. The van der Waals surface area contributed by atoms with E-state index >= 15 is 0 Å². The third-order valence-electron chi connectivity index (χ3n) is 3.48. The van der Waals surface area contributed by atoms with Crippen molar-refractivity contribution in [2.45, 2.75) is 6.54 Å². The molecule has 0 bridgehead atoms. The Hall–Kier alpha value is -2.76. The molecule has 0 N–H and O–H groups in total. The van der Waals surface area contributed by atoms with E-state index in [1.807, 2.05) is 30.1 Å². The number of aromatic nitrogens is 1. The fraction of sp³-hybridized carbons (Fsp3) is 0.294. The first-order valence-corrected chi connectivity index (χ1v) is 7.05. The summed E-state index contributed by atoms with van der Waals surface area (Å²) in [5.41, 5.74) is 2.21. The number of methoxy groups -OCH3 is 3. The molecule has 0 fully saturated rings. The summed E-state index contributed by atoms with van der Waals surface area (Å²) in [5, 5.41) is 0. The van der Waals surface area contributed by atoms with Gasteiger partial charge >= 0.3 is 5.97 Å². The number of nitrogens with zero attached hydrogens (tertiary/aromatic N) is 2. The van der Waals surface area contributed by atoms with Crippen molar-refractivity contribution < 1.29 is 19.0 Å². The first-order valence-electron chi connectivity index (χ1n) is 7.05. The standard InChI is InChI=1S/C17H20N2O4/c1-19(14-7-8-18-10-13(14)17(20)23-4)11-12-5-6-15(21-2)16(9-12)22-3/h5-10H,11H2,1-4H3. The molecule has 1 aromatic carbocycles. The topological polar surface area (TPSA) is 60.9 Å². The number of esters is 1. The Kier molecular flexibility index (Phi) is 5.41. The van der Waals surface area contributed by atoms with Gasteiger partial charge in [-0.15, -0.1) is 0 Å². The maximum Gasteiger partial charge on any atom is 0.341 e. The Labute approximate surface area is 135 Å². The highest BCUT2D eigenvalue weighted by atomic mass is 16.5. The SMILES string of the molecule is COC(=O)c1cnccc1N(C)Cc1ccc(OC)c(OC)c1. The molecule has 0 saturated heterocycles. The number of carbonyl (C=O) groups excluding carboxylic acids is 1. The van der Waals surface area contributed by atoms with Crippen LogP contribution in [0.3, 0.4) is 0 Å². The van der Waals surface area contributed by atoms with Crippen molar-refractivity contribution in [2.75, 3.05) is 33.3 Å². The zero-order valence-electron chi connectivity index (χ0n) is 13.7. The van der Waals surface area contributed by atoms with Gasteiger partial charge < -0.3 is 19.1 Å². The van der Waals surface area contributed by atoms with Crippen LogP contribution < -0.4 is 14.4 Å². The van der Waals surface area contributed by atoms with Gasteiger partial charge in [-0.2, -0.15) is 0 Å². The first-order chi connectivity index (χ1) is 11.1. The van der Waals surface area contributed by atoms with E-state index in [-0.39, 0.29) is 0 Å². The van der Waals surface area contributed by atoms with Crippen LogP contribution in [0.4, 0.5) is 5.69 Å².